The summed E-state index contributed by atoms with van der Waals surface area (Å²) in [6.07, 6.45) is 6.71. The summed E-state index contributed by atoms with van der Waals surface area (Å²) < 4.78 is 0. The van der Waals surface area contributed by atoms with Gasteiger partial charge in [0.1, 0.15) is 6.17 Å². The lowest BCUT2D eigenvalue weighted by Crippen LogP contribution is -2.55. The van der Waals surface area contributed by atoms with Crippen molar-refractivity contribution in [2.75, 3.05) is 13.1 Å². The van der Waals surface area contributed by atoms with Gasteiger partial charge >= 0.3 is 0 Å². The van der Waals surface area contributed by atoms with Crippen molar-refractivity contribution in [2.45, 2.75) is 50.6 Å². The fourth-order valence-electron chi connectivity index (χ4n) is 6.64. The molecule has 0 aromatic heterocycles. The van der Waals surface area contributed by atoms with Crippen LogP contribution < -0.4 is 21.5 Å². The zero-order valence-corrected chi connectivity index (χ0v) is 17.3. The lowest BCUT2D eigenvalue weighted by molar-refractivity contribution is -0.147. The molecule has 5 aliphatic rings. The van der Waals surface area contributed by atoms with Crippen LogP contribution in [0.1, 0.15) is 50.0 Å². The zero-order chi connectivity index (χ0) is 20.0. The smallest absolute Gasteiger partial charge is 0.240 e. The number of carbonyl (C=O) groups excluding carboxylic acids is 2. The normalized spacial score (nSPS) is 37.5. The van der Waals surface area contributed by atoms with Crippen molar-refractivity contribution in [3.05, 3.63) is 34.9 Å². The Morgan fingerprint density at radius 3 is 2.45 bits per heavy atom. The highest BCUT2D eigenvalue weighted by Crippen LogP contribution is 2.60. The lowest BCUT2D eigenvalue weighted by Gasteiger charge is -2.55. The van der Waals surface area contributed by atoms with Crippen molar-refractivity contribution in [1.29, 1.82) is 0 Å². The Morgan fingerprint density at radius 1 is 1.10 bits per heavy atom. The fourth-order valence-corrected chi connectivity index (χ4v) is 6.84. The number of hydrogen-bond donors (Lipinski definition) is 4. The Hall–Kier alpha value is -1.63. The maximum absolute atomic E-state index is 13.0. The summed E-state index contributed by atoms with van der Waals surface area (Å²) in [5.74, 6) is 2.15. The van der Waals surface area contributed by atoms with E-state index in [1.807, 2.05) is 24.3 Å². The van der Waals surface area contributed by atoms with E-state index < -0.39 is 0 Å². The van der Waals surface area contributed by atoms with Gasteiger partial charge in [-0.15, -0.1) is 0 Å². The van der Waals surface area contributed by atoms with Gasteiger partial charge in [0.25, 0.3) is 0 Å². The van der Waals surface area contributed by atoms with Crippen molar-refractivity contribution >= 4 is 23.4 Å². The molecule has 0 radical (unpaired) electrons. The molecule has 7 heteroatoms. The predicted molar refractivity (Wildman–Crippen MR) is 111 cm³/mol. The number of halogens is 1. The molecule has 4 saturated carbocycles. The molecule has 2 amide bonds. The van der Waals surface area contributed by atoms with Gasteiger partial charge in [0.2, 0.25) is 11.8 Å². The van der Waals surface area contributed by atoms with Crippen LogP contribution in [0.4, 0.5) is 0 Å². The first-order valence-electron chi connectivity index (χ1n) is 10.8. The fraction of sp³-hybridized carbons (Fsp3) is 0.636. The van der Waals surface area contributed by atoms with Gasteiger partial charge in [-0.2, -0.15) is 0 Å². The largest absolute Gasteiger partial charge is 0.347 e. The van der Waals surface area contributed by atoms with Crippen LogP contribution in [-0.2, 0) is 9.59 Å². The summed E-state index contributed by atoms with van der Waals surface area (Å²) in [5, 5.41) is 6.65. The molecular weight excluding hydrogens is 388 g/mol. The second kappa shape index (κ2) is 7.56. The summed E-state index contributed by atoms with van der Waals surface area (Å²) in [4.78, 5) is 25.6. The van der Waals surface area contributed by atoms with Crippen LogP contribution in [0, 0.1) is 23.2 Å². The molecule has 1 aliphatic heterocycles. The van der Waals surface area contributed by atoms with E-state index in [0.717, 1.165) is 24.8 Å². The number of benzene rings is 1. The average Bonchev–Trinajstić information content (AvgIpc) is 3.13. The Bertz CT molecular complexity index is 778. The molecule has 156 valence electrons. The van der Waals surface area contributed by atoms with Crippen molar-refractivity contribution in [1.82, 2.24) is 21.5 Å². The van der Waals surface area contributed by atoms with E-state index in [2.05, 4.69) is 21.5 Å². The van der Waals surface area contributed by atoms with E-state index in [9.17, 15) is 9.59 Å². The summed E-state index contributed by atoms with van der Waals surface area (Å²) in [7, 11) is 0. The molecule has 1 aromatic carbocycles. The van der Waals surface area contributed by atoms with Gasteiger partial charge in [-0.05, 0) is 74.0 Å². The average molecular weight is 417 g/mol. The second-order valence-electron chi connectivity index (χ2n) is 9.61. The number of hydrazine groups is 1. The van der Waals surface area contributed by atoms with Crippen LogP contribution in [0.3, 0.4) is 0 Å². The van der Waals surface area contributed by atoms with E-state index in [-0.39, 0.29) is 35.9 Å². The summed E-state index contributed by atoms with van der Waals surface area (Å²) in [6, 6.07) is 7.70. The molecule has 6 rings (SSSR count). The molecule has 4 N–H and O–H groups in total. The summed E-state index contributed by atoms with van der Waals surface area (Å²) in [6.45, 7) is 0.728. The van der Waals surface area contributed by atoms with Gasteiger partial charge in [-0.25, -0.2) is 5.43 Å². The highest BCUT2D eigenvalue weighted by atomic mass is 35.5. The molecule has 5 fully saturated rings. The number of carbonyl (C=O) groups is 2. The highest BCUT2D eigenvalue weighted by molar-refractivity contribution is 6.30. The van der Waals surface area contributed by atoms with Gasteiger partial charge in [-0.1, -0.05) is 23.7 Å². The minimum absolute atomic E-state index is 0.0288. The molecule has 29 heavy (non-hydrogen) atoms. The number of rotatable bonds is 5. The van der Waals surface area contributed by atoms with Crippen LogP contribution in [0.2, 0.25) is 5.02 Å². The lowest BCUT2D eigenvalue weighted by atomic mass is 9.49. The Labute approximate surface area is 176 Å². The number of hydrogen-bond acceptors (Lipinski definition) is 4. The quantitative estimate of drug-likeness (QED) is 0.593. The minimum atomic E-state index is -0.239. The Balaban J connectivity index is 1.17. The first kappa shape index (κ1) is 19.3. The number of nitrogens with one attached hydrogen (secondary N) is 4. The molecule has 2 atom stereocenters. The highest BCUT2D eigenvalue weighted by Gasteiger charge is 2.54. The predicted octanol–water partition coefficient (Wildman–Crippen LogP) is 2.31. The van der Waals surface area contributed by atoms with Gasteiger partial charge in [0.15, 0.2) is 0 Å². The third-order valence-electron chi connectivity index (χ3n) is 7.50. The third kappa shape index (κ3) is 3.78. The summed E-state index contributed by atoms with van der Waals surface area (Å²) >= 11 is 6.11. The molecule has 1 aromatic rings. The van der Waals surface area contributed by atoms with Gasteiger partial charge < -0.3 is 10.6 Å². The van der Waals surface area contributed by atoms with Crippen molar-refractivity contribution in [3.63, 3.8) is 0 Å². The zero-order valence-electron chi connectivity index (χ0n) is 16.5. The van der Waals surface area contributed by atoms with E-state index in [1.165, 1.54) is 19.3 Å². The topological polar surface area (TPSA) is 82.3 Å². The maximum atomic E-state index is 13.0. The van der Waals surface area contributed by atoms with Crippen LogP contribution >= 0.6 is 11.6 Å². The van der Waals surface area contributed by atoms with E-state index in [4.69, 9.17) is 11.6 Å². The molecule has 4 aliphatic carbocycles. The third-order valence-corrected chi connectivity index (χ3v) is 7.74. The molecule has 4 bridgehead atoms. The van der Waals surface area contributed by atoms with Gasteiger partial charge in [0.05, 0.1) is 6.54 Å². The number of amides is 2. The van der Waals surface area contributed by atoms with E-state index in [1.54, 1.807) is 0 Å². The van der Waals surface area contributed by atoms with Crippen molar-refractivity contribution in [2.24, 2.45) is 23.2 Å². The Morgan fingerprint density at radius 2 is 1.79 bits per heavy atom. The standard InChI is InChI=1S/C22H29ClN4O2/c23-17-3-1-2-16(7-17)18-11-25-27-20(18)26-19(28)12-24-21(29)22-8-13-4-14(9-22)6-15(5-13)10-22/h1-3,7,13-15,18,20,25,27H,4-6,8-12H2,(H,24,29)(H,26,28). The second-order valence-corrected chi connectivity index (χ2v) is 10.0. The van der Waals surface area contributed by atoms with E-state index >= 15 is 0 Å². The van der Waals surface area contributed by atoms with Crippen LogP contribution in [-0.4, -0.2) is 31.1 Å². The molecule has 0 spiro atoms. The molecule has 6 nitrogen and oxygen atoms in total. The Kier molecular flexibility index (Phi) is 5.04. The maximum Gasteiger partial charge on any atom is 0.240 e. The van der Waals surface area contributed by atoms with Crippen molar-refractivity contribution in [3.8, 4) is 0 Å². The molecule has 2 unspecified atom stereocenters. The van der Waals surface area contributed by atoms with Gasteiger partial charge in [0, 0.05) is 22.9 Å². The molecule has 1 heterocycles. The molecule has 1 saturated heterocycles. The monoisotopic (exact) mass is 416 g/mol. The van der Waals surface area contributed by atoms with Crippen LogP contribution in [0.15, 0.2) is 24.3 Å². The first-order chi connectivity index (χ1) is 14.0. The minimum Gasteiger partial charge on any atom is -0.347 e. The van der Waals surface area contributed by atoms with Crippen molar-refractivity contribution < 1.29 is 9.59 Å². The van der Waals surface area contributed by atoms with Crippen LogP contribution in [0.5, 0.6) is 0 Å². The van der Waals surface area contributed by atoms with E-state index in [0.29, 0.717) is 29.3 Å². The molecular formula is C22H29ClN4O2. The summed E-state index contributed by atoms with van der Waals surface area (Å²) in [5.41, 5.74) is 7.07. The SMILES string of the molecule is O=C(CNC(=O)C12CC3CC(CC(C3)C1)C2)NC1NNCC1c1cccc(Cl)c1. The first-order valence-corrected chi connectivity index (χ1v) is 11.2. The van der Waals surface area contributed by atoms with Gasteiger partial charge in [-0.3, -0.25) is 15.0 Å². The van der Waals surface area contributed by atoms with Crippen LogP contribution in [0.25, 0.3) is 0 Å².